The fraction of sp³-hybridized carbons (Fsp3) is 0.500. The van der Waals surface area contributed by atoms with Crippen molar-refractivity contribution < 1.29 is 0 Å². The van der Waals surface area contributed by atoms with Crippen LogP contribution in [0.15, 0.2) is 18.5 Å². The molecule has 1 N–H and O–H groups in total. The van der Waals surface area contributed by atoms with Crippen LogP contribution in [0.4, 0.5) is 5.69 Å². The molecule has 1 aromatic heterocycles. The lowest BCUT2D eigenvalue weighted by molar-refractivity contribution is 0.696. The Labute approximate surface area is 94.6 Å². The molecule has 14 heavy (non-hydrogen) atoms. The van der Waals surface area contributed by atoms with E-state index in [2.05, 4.69) is 17.2 Å². The molecule has 0 saturated carbocycles. The van der Waals surface area contributed by atoms with E-state index in [0.29, 0.717) is 11.1 Å². The van der Waals surface area contributed by atoms with Gasteiger partial charge >= 0.3 is 0 Å². The SMILES string of the molecule is CC(Cl)CC(C)Nc1ccncc1Cl. The Kier molecular flexibility index (Phi) is 4.49. The maximum absolute atomic E-state index is 5.95. The van der Waals surface area contributed by atoms with Gasteiger partial charge in [0.05, 0.1) is 10.7 Å². The molecular formula is C10H14Cl2N2. The van der Waals surface area contributed by atoms with Gasteiger partial charge in [-0.15, -0.1) is 11.6 Å². The van der Waals surface area contributed by atoms with Gasteiger partial charge in [0.2, 0.25) is 0 Å². The van der Waals surface area contributed by atoms with Crippen LogP contribution >= 0.6 is 23.2 Å². The first-order valence-electron chi connectivity index (χ1n) is 4.59. The largest absolute Gasteiger partial charge is 0.381 e. The van der Waals surface area contributed by atoms with Crippen molar-refractivity contribution in [3.05, 3.63) is 23.5 Å². The molecule has 0 amide bonds. The van der Waals surface area contributed by atoms with Crippen molar-refractivity contribution in [1.29, 1.82) is 0 Å². The number of alkyl halides is 1. The molecule has 0 saturated heterocycles. The fourth-order valence-corrected chi connectivity index (χ4v) is 1.74. The average molecular weight is 233 g/mol. The zero-order valence-electron chi connectivity index (χ0n) is 8.30. The highest BCUT2D eigenvalue weighted by Gasteiger charge is 2.07. The molecule has 0 aliphatic rings. The number of hydrogen-bond acceptors (Lipinski definition) is 2. The standard InChI is InChI=1S/C10H14Cl2N2/c1-7(11)5-8(2)14-10-3-4-13-6-9(10)12/h3-4,6-8H,5H2,1-2H3,(H,13,14). The van der Waals surface area contributed by atoms with Crippen molar-refractivity contribution in [1.82, 2.24) is 4.98 Å². The molecule has 0 aliphatic carbocycles. The predicted molar refractivity (Wildman–Crippen MR) is 62.3 cm³/mol. The molecule has 78 valence electrons. The topological polar surface area (TPSA) is 24.9 Å². The van der Waals surface area contributed by atoms with E-state index in [1.807, 2.05) is 13.0 Å². The molecule has 2 nitrogen and oxygen atoms in total. The molecule has 4 heteroatoms. The van der Waals surface area contributed by atoms with E-state index in [-0.39, 0.29) is 5.38 Å². The van der Waals surface area contributed by atoms with E-state index >= 15 is 0 Å². The molecule has 0 bridgehead atoms. The van der Waals surface area contributed by atoms with Crippen LogP contribution in [0, 0.1) is 0 Å². The second-order valence-electron chi connectivity index (χ2n) is 3.42. The van der Waals surface area contributed by atoms with Crippen LogP contribution in [-0.2, 0) is 0 Å². The third-order valence-electron chi connectivity index (χ3n) is 1.85. The number of rotatable bonds is 4. The molecule has 1 rings (SSSR count). The lowest BCUT2D eigenvalue weighted by Gasteiger charge is -2.16. The van der Waals surface area contributed by atoms with Gasteiger partial charge in [0.1, 0.15) is 0 Å². The van der Waals surface area contributed by atoms with E-state index in [4.69, 9.17) is 23.2 Å². The summed E-state index contributed by atoms with van der Waals surface area (Å²) in [6.07, 6.45) is 4.24. The predicted octanol–water partition coefficient (Wildman–Crippen LogP) is 3.55. The number of hydrogen-bond donors (Lipinski definition) is 1. The summed E-state index contributed by atoms with van der Waals surface area (Å²) in [6.45, 7) is 4.06. The first kappa shape index (κ1) is 11.6. The van der Waals surface area contributed by atoms with Gasteiger partial charge in [0.15, 0.2) is 0 Å². The van der Waals surface area contributed by atoms with Crippen molar-refractivity contribution in [2.75, 3.05) is 5.32 Å². The second kappa shape index (κ2) is 5.42. The summed E-state index contributed by atoms with van der Waals surface area (Å²) < 4.78 is 0. The summed E-state index contributed by atoms with van der Waals surface area (Å²) in [5, 5.41) is 4.09. The van der Waals surface area contributed by atoms with Crippen molar-refractivity contribution in [3.63, 3.8) is 0 Å². The highest BCUT2D eigenvalue weighted by molar-refractivity contribution is 6.33. The lowest BCUT2D eigenvalue weighted by Crippen LogP contribution is -2.18. The zero-order valence-corrected chi connectivity index (χ0v) is 9.81. The van der Waals surface area contributed by atoms with Gasteiger partial charge < -0.3 is 5.32 Å². The Morgan fingerprint density at radius 3 is 2.79 bits per heavy atom. The van der Waals surface area contributed by atoms with Crippen LogP contribution in [0.25, 0.3) is 0 Å². The van der Waals surface area contributed by atoms with Crippen LogP contribution in [0.3, 0.4) is 0 Å². The zero-order chi connectivity index (χ0) is 10.6. The third-order valence-corrected chi connectivity index (χ3v) is 2.33. The Morgan fingerprint density at radius 1 is 1.50 bits per heavy atom. The minimum atomic E-state index is 0.165. The summed E-state index contributed by atoms with van der Waals surface area (Å²) in [7, 11) is 0. The molecule has 2 atom stereocenters. The number of nitrogens with one attached hydrogen (secondary N) is 1. The Bertz CT molecular complexity index is 289. The molecule has 1 aromatic rings. The summed E-state index contributed by atoms with van der Waals surface area (Å²) in [5.41, 5.74) is 0.909. The summed E-state index contributed by atoms with van der Waals surface area (Å²) in [4.78, 5) is 3.92. The van der Waals surface area contributed by atoms with Gasteiger partial charge in [0.25, 0.3) is 0 Å². The van der Waals surface area contributed by atoms with Crippen molar-refractivity contribution >= 4 is 28.9 Å². The van der Waals surface area contributed by atoms with Crippen molar-refractivity contribution in [2.45, 2.75) is 31.7 Å². The van der Waals surface area contributed by atoms with E-state index in [1.165, 1.54) is 0 Å². The van der Waals surface area contributed by atoms with Crippen molar-refractivity contribution in [3.8, 4) is 0 Å². The maximum atomic E-state index is 5.95. The molecular weight excluding hydrogens is 219 g/mol. The Balaban J connectivity index is 2.56. The first-order chi connectivity index (χ1) is 6.59. The highest BCUT2D eigenvalue weighted by atomic mass is 35.5. The molecule has 0 aliphatic heterocycles. The summed E-state index contributed by atoms with van der Waals surface area (Å²) >= 11 is 11.8. The highest BCUT2D eigenvalue weighted by Crippen LogP contribution is 2.21. The monoisotopic (exact) mass is 232 g/mol. The van der Waals surface area contributed by atoms with Gasteiger partial charge in [0, 0.05) is 23.8 Å². The lowest BCUT2D eigenvalue weighted by atomic mass is 10.2. The van der Waals surface area contributed by atoms with Crippen LogP contribution in [-0.4, -0.2) is 16.4 Å². The molecule has 0 radical (unpaired) electrons. The number of pyridine rings is 1. The maximum Gasteiger partial charge on any atom is 0.0820 e. The Hall–Kier alpha value is -0.470. The van der Waals surface area contributed by atoms with Gasteiger partial charge in [-0.3, -0.25) is 4.98 Å². The smallest absolute Gasteiger partial charge is 0.0820 e. The summed E-state index contributed by atoms with van der Waals surface area (Å²) in [6, 6.07) is 2.17. The minimum absolute atomic E-state index is 0.165. The number of nitrogens with zero attached hydrogens (tertiary/aromatic N) is 1. The van der Waals surface area contributed by atoms with Gasteiger partial charge in [-0.1, -0.05) is 11.6 Å². The van der Waals surface area contributed by atoms with E-state index in [9.17, 15) is 0 Å². The quantitative estimate of drug-likeness (QED) is 0.804. The number of anilines is 1. The Morgan fingerprint density at radius 2 is 2.21 bits per heavy atom. The normalized spacial score (nSPS) is 14.9. The van der Waals surface area contributed by atoms with Crippen LogP contribution in [0.1, 0.15) is 20.3 Å². The first-order valence-corrected chi connectivity index (χ1v) is 5.41. The molecule has 0 fully saturated rings. The van der Waals surface area contributed by atoms with Crippen LogP contribution < -0.4 is 5.32 Å². The number of halogens is 2. The summed E-state index contributed by atoms with van der Waals surface area (Å²) in [5.74, 6) is 0. The molecule has 0 spiro atoms. The van der Waals surface area contributed by atoms with E-state index in [0.717, 1.165) is 12.1 Å². The van der Waals surface area contributed by atoms with E-state index in [1.54, 1.807) is 12.4 Å². The number of aromatic nitrogens is 1. The minimum Gasteiger partial charge on any atom is -0.381 e. The van der Waals surface area contributed by atoms with Gasteiger partial charge in [-0.2, -0.15) is 0 Å². The molecule has 2 unspecified atom stereocenters. The molecule has 1 heterocycles. The second-order valence-corrected chi connectivity index (χ2v) is 4.57. The van der Waals surface area contributed by atoms with Crippen LogP contribution in [0.5, 0.6) is 0 Å². The van der Waals surface area contributed by atoms with Crippen LogP contribution in [0.2, 0.25) is 5.02 Å². The van der Waals surface area contributed by atoms with Gasteiger partial charge in [-0.25, -0.2) is 0 Å². The average Bonchev–Trinajstić information content (AvgIpc) is 2.07. The van der Waals surface area contributed by atoms with E-state index < -0.39 is 0 Å². The molecule has 0 aromatic carbocycles. The van der Waals surface area contributed by atoms with Crippen molar-refractivity contribution in [2.24, 2.45) is 0 Å². The third kappa shape index (κ3) is 3.72. The van der Waals surface area contributed by atoms with Gasteiger partial charge in [-0.05, 0) is 26.3 Å². The fourth-order valence-electron chi connectivity index (χ4n) is 1.30.